The van der Waals surface area contributed by atoms with E-state index in [1.165, 1.54) is 0 Å². The van der Waals surface area contributed by atoms with Crippen LogP contribution in [0.2, 0.25) is 0 Å². The molecule has 0 unspecified atom stereocenters. The fourth-order valence-corrected chi connectivity index (χ4v) is 3.84. The Morgan fingerprint density at radius 3 is 1.21 bits per heavy atom. The van der Waals surface area contributed by atoms with E-state index < -0.39 is 0 Å². The number of fused-ring (bicyclic) bond motifs is 2. The molecule has 1 aromatic rings. The number of nitrogens with zero attached hydrogens (tertiary/aromatic N) is 4. The lowest BCUT2D eigenvalue weighted by Gasteiger charge is -2.13. The van der Waals surface area contributed by atoms with Crippen molar-refractivity contribution in [1.29, 1.82) is 21.0 Å². The van der Waals surface area contributed by atoms with E-state index in [0.717, 1.165) is 33.4 Å². The largest absolute Gasteiger partial charge is 0.192 e. The predicted molar refractivity (Wildman–Crippen MR) is 108 cm³/mol. The van der Waals surface area contributed by atoms with E-state index in [9.17, 15) is 21.0 Å². The number of hydrogen-bond donors (Lipinski definition) is 0. The van der Waals surface area contributed by atoms with E-state index in [1.807, 2.05) is 76.3 Å². The van der Waals surface area contributed by atoms with Crippen molar-refractivity contribution in [1.82, 2.24) is 0 Å². The number of rotatable bonds is 2. The van der Waals surface area contributed by atoms with Crippen LogP contribution in [0.25, 0.3) is 23.3 Å². The molecule has 0 N–H and O–H groups in total. The van der Waals surface area contributed by atoms with Crippen LogP contribution >= 0.6 is 0 Å². The van der Waals surface area contributed by atoms with Crippen LogP contribution in [0, 0.1) is 57.2 Å². The van der Waals surface area contributed by atoms with Crippen LogP contribution in [0.4, 0.5) is 0 Å². The molecule has 4 heteroatoms. The summed E-state index contributed by atoms with van der Waals surface area (Å²) in [5.74, 6) is 0.305. The van der Waals surface area contributed by atoms with Crippen LogP contribution in [0.3, 0.4) is 0 Å². The van der Waals surface area contributed by atoms with Crippen LogP contribution in [0.5, 0.6) is 0 Å². The molecule has 2 aliphatic carbocycles. The Balaban J connectivity index is 2.37. The molecule has 0 atom stereocenters. The Morgan fingerprint density at radius 2 is 0.964 bits per heavy atom. The molecule has 0 spiro atoms. The molecule has 0 saturated heterocycles. The van der Waals surface area contributed by atoms with Gasteiger partial charge < -0.3 is 0 Å². The first-order valence-electron chi connectivity index (χ1n) is 9.09. The van der Waals surface area contributed by atoms with Gasteiger partial charge in [-0.2, -0.15) is 21.0 Å². The molecule has 28 heavy (non-hydrogen) atoms. The molecule has 0 fully saturated rings. The Hall–Kier alpha value is -3.86. The summed E-state index contributed by atoms with van der Waals surface area (Å²) in [5, 5.41) is 37.8. The molecule has 0 radical (unpaired) electrons. The van der Waals surface area contributed by atoms with Gasteiger partial charge in [0.15, 0.2) is 0 Å². The maximum absolute atomic E-state index is 9.45. The van der Waals surface area contributed by atoms with Gasteiger partial charge in [0.05, 0.1) is 0 Å². The quantitative estimate of drug-likeness (QED) is 0.659. The summed E-state index contributed by atoms with van der Waals surface area (Å²) in [7, 11) is 0. The zero-order chi connectivity index (χ0) is 20.6. The lowest BCUT2D eigenvalue weighted by molar-refractivity contribution is 0.804. The molecule has 0 saturated carbocycles. The second-order valence-corrected chi connectivity index (χ2v) is 7.48. The van der Waals surface area contributed by atoms with Gasteiger partial charge in [-0.3, -0.25) is 0 Å². The minimum absolute atomic E-state index is 0.107. The molecule has 134 valence electrons. The monoisotopic (exact) mass is 362 g/mol. The van der Waals surface area contributed by atoms with Gasteiger partial charge >= 0.3 is 0 Å². The number of nitriles is 4. The maximum Gasteiger partial charge on any atom is 0.137 e. The first-order chi connectivity index (χ1) is 13.4. The summed E-state index contributed by atoms with van der Waals surface area (Å²) in [6.07, 6.45) is 4.02. The van der Waals surface area contributed by atoms with Crippen molar-refractivity contribution >= 4 is 23.3 Å². The molecular formula is C24H18N4. The van der Waals surface area contributed by atoms with Gasteiger partial charge in [0.1, 0.15) is 35.4 Å². The molecule has 2 aliphatic rings. The van der Waals surface area contributed by atoms with Crippen LogP contribution in [0.15, 0.2) is 34.4 Å². The summed E-state index contributed by atoms with van der Waals surface area (Å²) in [6, 6.07) is 12.1. The highest BCUT2D eigenvalue weighted by Gasteiger charge is 2.30. The first kappa shape index (κ1) is 18.9. The molecular weight excluding hydrogens is 344 g/mol. The van der Waals surface area contributed by atoms with Crippen molar-refractivity contribution in [2.45, 2.75) is 27.7 Å². The predicted octanol–water partition coefficient (Wildman–Crippen LogP) is 5.39. The molecule has 0 amide bonds. The van der Waals surface area contributed by atoms with Gasteiger partial charge in [0, 0.05) is 11.1 Å². The molecule has 0 heterocycles. The third-order valence-electron chi connectivity index (χ3n) is 5.15. The topological polar surface area (TPSA) is 95.2 Å². The second kappa shape index (κ2) is 7.04. The van der Waals surface area contributed by atoms with E-state index in [2.05, 4.69) is 0 Å². The molecule has 0 aromatic heterocycles. The van der Waals surface area contributed by atoms with Crippen molar-refractivity contribution in [2.24, 2.45) is 11.8 Å². The van der Waals surface area contributed by atoms with Crippen LogP contribution in [-0.4, -0.2) is 0 Å². The lowest BCUT2D eigenvalue weighted by Crippen LogP contribution is -1.98. The van der Waals surface area contributed by atoms with E-state index in [0.29, 0.717) is 11.1 Å². The molecule has 0 bridgehead atoms. The second-order valence-electron chi connectivity index (χ2n) is 7.48. The first-order valence-corrected chi connectivity index (χ1v) is 9.09. The zero-order valence-corrected chi connectivity index (χ0v) is 16.3. The summed E-state index contributed by atoms with van der Waals surface area (Å²) in [4.78, 5) is 0. The fraction of sp³-hybridized carbons (Fsp3) is 0.250. The number of allylic oxidation sites excluding steroid dienone is 6. The van der Waals surface area contributed by atoms with E-state index >= 15 is 0 Å². The smallest absolute Gasteiger partial charge is 0.137 e. The highest BCUT2D eigenvalue weighted by Crippen LogP contribution is 2.47. The van der Waals surface area contributed by atoms with Gasteiger partial charge in [-0.1, -0.05) is 39.8 Å². The van der Waals surface area contributed by atoms with Gasteiger partial charge in [-0.05, 0) is 57.4 Å². The van der Waals surface area contributed by atoms with Crippen molar-refractivity contribution in [3.63, 3.8) is 0 Å². The average molecular weight is 362 g/mol. The standard InChI is InChI=1S/C24H18N4/c1-13(2)19-5-15-7-22-16(8-21(15)23(19)17(9-25)10-26)6-20(14(3)4)24(22)18(11-27)12-28/h5-8,13-14H,1-4H3. The number of benzene rings is 1. The SMILES string of the molecule is CC(C)C1=Cc2cc3c(cc2C1=C(C#N)C#N)C=C(C(C)C)C3=C(C#N)C#N. The Labute approximate surface area is 165 Å². The Bertz CT molecular complexity index is 1060. The van der Waals surface area contributed by atoms with Crippen LogP contribution in [0.1, 0.15) is 49.9 Å². The normalized spacial score (nSPS) is 13.8. The molecule has 0 aliphatic heterocycles. The zero-order valence-electron chi connectivity index (χ0n) is 16.3. The van der Waals surface area contributed by atoms with Crippen molar-refractivity contribution < 1.29 is 0 Å². The highest BCUT2D eigenvalue weighted by molar-refractivity contribution is 6.04. The Kier molecular flexibility index (Phi) is 4.76. The molecule has 1 aromatic carbocycles. The molecule has 4 nitrogen and oxygen atoms in total. The summed E-state index contributed by atoms with van der Waals surface area (Å²) in [6.45, 7) is 8.12. The van der Waals surface area contributed by atoms with Gasteiger partial charge in [0.25, 0.3) is 0 Å². The van der Waals surface area contributed by atoms with Crippen LogP contribution in [-0.2, 0) is 0 Å². The summed E-state index contributed by atoms with van der Waals surface area (Å²) >= 11 is 0. The Morgan fingerprint density at radius 1 is 0.643 bits per heavy atom. The van der Waals surface area contributed by atoms with E-state index in [4.69, 9.17) is 0 Å². The summed E-state index contributed by atoms with van der Waals surface area (Å²) < 4.78 is 0. The third kappa shape index (κ3) is 2.74. The summed E-state index contributed by atoms with van der Waals surface area (Å²) in [5.41, 5.74) is 7.04. The van der Waals surface area contributed by atoms with Crippen molar-refractivity contribution in [3.05, 3.63) is 56.7 Å². The minimum Gasteiger partial charge on any atom is -0.192 e. The van der Waals surface area contributed by atoms with Crippen molar-refractivity contribution in [3.8, 4) is 24.3 Å². The van der Waals surface area contributed by atoms with Crippen LogP contribution < -0.4 is 0 Å². The highest BCUT2D eigenvalue weighted by atomic mass is 14.4. The van der Waals surface area contributed by atoms with Gasteiger partial charge in [-0.15, -0.1) is 0 Å². The maximum atomic E-state index is 9.45. The third-order valence-corrected chi connectivity index (χ3v) is 5.15. The van der Waals surface area contributed by atoms with Gasteiger partial charge in [0.2, 0.25) is 0 Å². The molecule has 3 rings (SSSR count). The minimum atomic E-state index is 0.107. The number of hydrogen-bond acceptors (Lipinski definition) is 4. The fourth-order valence-electron chi connectivity index (χ4n) is 3.84. The lowest BCUT2D eigenvalue weighted by atomic mass is 9.89. The van der Waals surface area contributed by atoms with E-state index in [-0.39, 0.29) is 23.0 Å². The average Bonchev–Trinajstić information content (AvgIpc) is 3.21. The van der Waals surface area contributed by atoms with E-state index in [1.54, 1.807) is 0 Å². The van der Waals surface area contributed by atoms with Crippen molar-refractivity contribution in [2.75, 3.05) is 0 Å². The van der Waals surface area contributed by atoms with Gasteiger partial charge in [-0.25, -0.2) is 0 Å².